The quantitative estimate of drug-likeness (QED) is 0.786. The van der Waals surface area contributed by atoms with E-state index in [9.17, 15) is 0 Å². The van der Waals surface area contributed by atoms with Crippen molar-refractivity contribution in [2.75, 3.05) is 6.54 Å². The van der Waals surface area contributed by atoms with Crippen LogP contribution in [-0.2, 0) is 13.2 Å². The van der Waals surface area contributed by atoms with Gasteiger partial charge in [0.15, 0.2) is 0 Å². The normalized spacial score (nSPS) is 11.1. The van der Waals surface area contributed by atoms with E-state index in [0.29, 0.717) is 12.5 Å². The average Bonchev–Trinajstić information content (AvgIpc) is 2.87. The first-order valence-electron chi connectivity index (χ1n) is 7.21. The molecule has 0 bridgehead atoms. The van der Waals surface area contributed by atoms with Crippen molar-refractivity contribution < 1.29 is 9.15 Å². The van der Waals surface area contributed by atoms with E-state index in [4.69, 9.17) is 9.15 Å². The van der Waals surface area contributed by atoms with Gasteiger partial charge in [-0.2, -0.15) is 0 Å². The third-order valence-corrected chi connectivity index (χ3v) is 3.71. The number of ether oxygens (including phenoxy) is 1. The van der Waals surface area contributed by atoms with Crippen LogP contribution in [0.1, 0.15) is 30.7 Å². The number of furan rings is 1. The van der Waals surface area contributed by atoms with E-state index in [1.165, 1.54) is 0 Å². The standard InChI is InChI=1S/C17H22BrNO2/c1-12(2)9-19-10-14-6-7-20-17(14)11-21-16-8-15(18)5-4-13(16)3/h4-8,12,19H,9-11H2,1-3H3. The third-order valence-electron chi connectivity index (χ3n) is 3.21. The molecule has 3 nitrogen and oxygen atoms in total. The van der Waals surface area contributed by atoms with E-state index in [-0.39, 0.29) is 0 Å². The summed E-state index contributed by atoms with van der Waals surface area (Å²) in [6.07, 6.45) is 1.72. The van der Waals surface area contributed by atoms with Gasteiger partial charge in [0.05, 0.1) is 6.26 Å². The fourth-order valence-electron chi connectivity index (χ4n) is 2.02. The van der Waals surface area contributed by atoms with Crippen LogP contribution in [-0.4, -0.2) is 6.54 Å². The van der Waals surface area contributed by atoms with Crippen molar-refractivity contribution in [2.24, 2.45) is 5.92 Å². The lowest BCUT2D eigenvalue weighted by Gasteiger charge is -2.10. The van der Waals surface area contributed by atoms with Crippen LogP contribution < -0.4 is 10.1 Å². The van der Waals surface area contributed by atoms with Gasteiger partial charge in [0, 0.05) is 16.6 Å². The van der Waals surface area contributed by atoms with Gasteiger partial charge >= 0.3 is 0 Å². The van der Waals surface area contributed by atoms with E-state index in [1.54, 1.807) is 6.26 Å². The van der Waals surface area contributed by atoms with E-state index in [1.807, 2.05) is 31.2 Å². The lowest BCUT2D eigenvalue weighted by molar-refractivity contribution is 0.266. The second-order valence-corrected chi connectivity index (χ2v) is 6.51. The Balaban J connectivity index is 1.94. The first-order chi connectivity index (χ1) is 10.1. The van der Waals surface area contributed by atoms with Crippen molar-refractivity contribution in [3.8, 4) is 5.75 Å². The van der Waals surface area contributed by atoms with Gasteiger partial charge in [0.1, 0.15) is 18.1 Å². The summed E-state index contributed by atoms with van der Waals surface area (Å²) in [6, 6.07) is 8.03. The van der Waals surface area contributed by atoms with E-state index in [2.05, 4.69) is 35.1 Å². The Hall–Kier alpha value is -1.26. The number of hydrogen-bond donors (Lipinski definition) is 1. The molecule has 0 atom stereocenters. The number of benzene rings is 1. The summed E-state index contributed by atoms with van der Waals surface area (Å²) in [7, 11) is 0. The zero-order chi connectivity index (χ0) is 15.2. The lowest BCUT2D eigenvalue weighted by atomic mass is 10.2. The summed E-state index contributed by atoms with van der Waals surface area (Å²) in [6.45, 7) is 8.68. The Bertz CT molecular complexity index is 578. The number of halogens is 1. The Morgan fingerprint density at radius 2 is 2.10 bits per heavy atom. The molecule has 0 saturated carbocycles. The first kappa shape index (κ1) is 16.1. The maximum atomic E-state index is 5.88. The Morgan fingerprint density at radius 3 is 2.86 bits per heavy atom. The summed E-state index contributed by atoms with van der Waals surface area (Å²) >= 11 is 3.46. The highest BCUT2D eigenvalue weighted by Crippen LogP contribution is 2.24. The summed E-state index contributed by atoms with van der Waals surface area (Å²) in [4.78, 5) is 0. The Kier molecular flexibility index (Phi) is 5.88. The minimum absolute atomic E-state index is 0.447. The maximum absolute atomic E-state index is 5.88. The topological polar surface area (TPSA) is 34.4 Å². The van der Waals surface area contributed by atoms with Gasteiger partial charge in [-0.05, 0) is 43.1 Å². The molecule has 0 saturated heterocycles. The number of rotatable bonds is 7. The van der Waals surface area contributed by atoms with Crippen LogP contribution in [0.4, 0.5) is 0 Å². The number of hydrogen-bond acceptors (Lipinski definition) is 3. The minimum Gasteiger partial charge on any atom is -0.485 e. The van der Waals surface area contributed by atoms with Crippen LogP contribution in [0.5, 0.6) is 5.75 Å². The van der Waals surface area contributed by atoms with Crippen molar-refractivity contribution in [3.63, 3.8) is 0 Å². The predicted octanol–water partition coefficient (Wildman–Crippen LogP) is 4.68. The van der Waals surface area contributed by atoms with Crippen LogP contribution in [0.25, 0.3) is 0 Å². The van der Waals surface area contributed by atoms with Crippen molar-refractivity contribution >= 4 is 15.9 Å². The predicted molar refractivity (Wildman–Crippen MR) is 88.5 cm³/mol. The van der Waals surface area contributed by atoms with Crippen molar-refractivity contribution in [3.05, 3.63) is 51.9 Å². The molecule has 0 aliphatic rings. The SMILES string of the molecule is Cc1ccc(Br)cc1OCc1occc1CNCC(C)C. The molecule has 1 N–H and O–H groups in total. The molecule has 1 aromatic carbocycles. The molecule has 0 aliphatic heterocycles. The van der Waals surface area contributed by atoms with Gasteiger partial charge in [0.25, 0.3) is 0 Å². The zero-order valence-electron chi connectivity index (χ0n) is 12.8. The Labute approximate surface area is 134 Å². The molecule has 0 fully saturated rings. The highest BCUT2D eigenvalue weighted by Gasteiger charge is 2.08. The Morgan fingerprint density at radius 1 is 1.29 bits per heavy atom. The smallest absolute Gasteiger partial charge is 0.146 e. The van der Waals surface area contributed by atoms with Crippen molar-refractivity contribution in [1.82, 2.24) is 5.32 Å². The molecular formula is C17H22BrNO2. The minimum atomic E-state index is 0.447. The highest BCUT2D eigenvalue weighted by atomic mass is 79.9. The molecule has 1 aromatic heterocycles. The summed E-state index contributed by atoms with van der Waals surface area (Å²) < 4.78 is 12.4. The fraction of sp³-hybridized carbons (Fsp3) is 0.412. The molecule has 0 radical (unpaired) electrons. The molecule has 0 aliphatic carbocycles. The van der Waals surface area contributed by atoms with Gasteiger partial charge in [-0.25, -0.2) is 0 Å². The number of aryl methyl sites for hydroxylation is 1. The largest absolute Gasteiger partial charge is 0.485 e. The monoisotopic (exact) mass is 351 g/mol. The third kappa shape index (κ3) is 4.90. The van der Waals surface area contributed by atoms with Gasteiger partial charge in [0.2, 0.25) is 0 Å². The summed E-state index contributed by atoms with van der Waals surface area (Å²) in [5.74, 6) is 2.40. The van der Waals surface area contributed by atoms with E-state index < -0.39 is 0 Å². The highest BCUT2D eigenvalue weighted by molar-refractivity contribution is 9.10. The molecule has 21 heavy (non-hydrogen) atoms. The number of nitrogens with one attached hydrogen (secondary N) is 1. The van der Waals surface area contributed by atoms with E-state index >= 15 is 0 Å². The van der Waals surface area contributed by atoms with Crippen LogP contribution >= 0.6 is 15.9 Å². The molecule has 2 rings (SSSR count). The lowest BCUT2D eigenvalue weighted by Crippen LogP contribution is -2.19. The van der Waals surface area contributed by atoms with Crippen LogP contribution in [0, 0.1) is 12.8 Å². The molecule has 1 heterocycles. The maximum Gasteiger partial charge on any atom is 0.146 e. The second-order valence-electron chi connectivity index (χ2n) is 5.59. The fourth-order valence-corrected chi connectivity index (χ4v) is 2.36. The molecule has 4 heteroatoms. The van der Waals surface area contributed by atoms with Crippen molar-refractivity contribution in [1.29, 1.82) is 0 Å². The van der Waals surface area contributed by atoms with Gasteiger partial charge in [-0.3, -0.25) is 0 Å². The average molecular weight is 352 g/mol. The van der Waals surface area contributed by atoms with Crippen LogP contribution in [0.15, 0.2) is 39.4 Å². The van der Waals surface area contributed by atoms with Gasteiger partial charge in [-0.1, -0.05) is 35.8 Å². The summed E-state index contributed by atoms with van der Waals surface area (Å²) in [5, 5.41) is 3.42. The van der Waals surface area contributed by atoms with Gasteiger partial charge < -0.3 is 14.5 Å². The van der Waals surface area contributed by atoms with Crippen molar-refractivity contribution in [2.45, 2.75) is 33.9 Å². The molecular weight excluding hydrogens is 330 g/mol. The molecule has 0 unspecified atom stereocenters. The zero-order valence-corrected chi connectivity index (χ0v) is 14.4. The van der Waals surface area contributed by atoms with Crippen LogP contribution in [0.2, 0.25) is 0 Å². The molecule has 114 valence electrons. The van der Waals surface area contributed by atoms with Gasteiger partial charge in [-0.15, -0.1) is 0 Å². The van der Waals surface area contributed by atoms with E-state index in [0.717, 1.165) is 40.2 Å². The molecule has 0 spiro atoms. The van der Waals surface area contributed by atoms with Crippen LogP contribution in [0.3, 0.4) is 0 Å². The second kappa shape index (κ2) is 7.66. The molecule has 2 aromatic rings. The molecule has 0 amide bonds. The summed E-state index contributed by atoms with van der Waals surface area (Å²) in [5.41, 5.74) is 2.27. The first-order valence-corrected chi connectivity index (χ1v) is 8.00.